The molecule has 1 aromatic carbocycles. The number of allylic oxidation sites excluding steroid dienone is 3. The van der Waals surface area contributed by atoms with Gasteiger partial charge >= 0.3 is 0 Å². The van der Waals surface area contributed by atoms with Gasteiger partial charge < -0.3 is 0 Å². The maximum absolute atomic E-state index is 3.91. The summed E-state index contributed by atoms with van der Waals surface area (Å²) < 4.78 is 0. The summed E-state index contributed by atoms with van der Waals surface area (Å²) in [5, 5.41) is 1.08. The van der Waals surface area contributed by atoms with Crippen LogP contribution in [-0.4, -0.2) is 10.5 Å². The molecule has 0 saturated heterocycles. The second-order valence-electron chi connectivity index (χ2n) is 3.82. The van der Waals surface area contributed by atoms with Crippen LogP contribution in [0.15, 0.2) is 70.5 Å². The normalized spacial score (nSPS) is 26.6. The van der Waals surface area contributed by atoms with Crippen LogP contribution in [0.5, 0.6) is 0 Å². The van der Waals surface area contributed by atoms with Gasteiger partial charge in [-0.2, -0.15) is 0 Å². The summed E-state index contributed by atoms with van der Waals surface area (Å²) in [6.07, 6.45) is 8.61. The summed E-state index contributed by atoms with van der Waals surface area (Å²) in [4.78, 5) is 2.81. The molecule has 2 atom stereocenters. The molecule has 1 heterocycles. The van der Waals surface area contributed by atoms with Crippen LogP contribution < -0.4 is 0 Å². The number of fused-ring (bicyclic) bond motifs is 2. The fourth-order valence-electron chi connectivity index (χ4n) is 2.01. The van der Waals surface area contributed by atoms with Gasteiger partial charge in [0.25, 0.3) is 0 Å². The number of hydrogen-bond acceptors (Lipinski definition) is 2. The van der Waals surface area contributed by atoms with Crippen LogP contribution in [0.4, 0.5) is 0 Å². The maximum atomic E-state index is 3.91. The van der Waals surface area contributed by atoms with Gasteiger partial charge in [0.1, 0.15) is 0 Å². The highest BCUT2D eigenvalue weighted by Crippen LogP contribution is 2.48. The molecule has 16 heavy (non-hydrogen) atoms. The van der Waals surface area contributed by atoms with E-state index in [9.17, 15) is 0 Å². The number of rotatable bonds is 1. The van der Waals surface area contributed by atoms with Crippen molar-refractivity contribution in [1.29, 1.82) is 0 Å². The van der Waals surface area contributed by atoms with Crippen LogP contribution >= 0.6 is 23.5 Å². The van der Waals surface area contributed by atoms with Gasteiger partial charge in [0.2, 0.25) is 0 Å². The van der Waals surface area contributed by atoms with Crippen molar-refractivity contribution in [2.24, 2.45) is 0 Å². The lowest BCUT2D eigenvalue weighted by Gasteiger charge is -2.32. The van der Waals surface area contributed by atoms with E-state index in [0.717, 1.165) is 0 Å². The first kappa shape index (κ1) is 10.3. The highest BCUT2D eigenvalue weighted by molar-refractivity contribution is 8.06. The Morgan fingerprint density at radius 3 is 2.62 bits per heavy atom. The third-order valence-corrected chi connectivity index (χ3v) is 5.86. The van der Waals surface area contributed by atoms with Gasteiger partial charge in [0.05, 0.1) is 5.25 Å². The smallest absolute Gasteiger partial charge is 0.0502 e. The minimum atomic E-state index is 0.530. The molecule has 0 aromatic heterocycles. The average Bonchev–Trinajstić information content (AvgIpc) is 2.35. The SMILES string of the molecule is C=CC1=CC=CC2Sc3ccccc3SC12. The molecule has 3 rings (SSSR count). The third kappa shape index (κ3) is 1.66. The molecule has 1 aliphatic carbocycles. The van der Waals surface area contributed by atoms with Gasteiger partial charge in [-0.15, -0.1) is 23.5 Å². The van der Waals surface area contributed by atoms with Crippen LogP contribution in [0.3, 0.4) is 0 Å². The Labute approximate surface area is 105 Å². The van der Waals surface area contributed by atoms with Crippen LogP contribution in [-0.2, 0) is 0 Å². The fourth-order valence-corrected chi connectivity index (χ4v) is 4.87. The van der Waals surface area contributed by atoms with Crippen molar-refractivity contribution in [2.45, 2.75) is 20.3 Å². The topological polar surface area (TPSA) is 0 Å². The minimum absolute atomic E-state index is 0.530. The summed E-state index contributed by atoms with van der Waals surface area (Å²) in [6.45, 7) is 3.91. The van der Waals surface area contributed by atoms with Gasteiger partial charge in [-0.3, -0.25) is 0 Å². The molecule has 0 bridgehead atoms. The standard InChI is InChI=1S/C14H12S2/c1-2-10-6-5-9-13-14(10)16-12-8-4-3-7-11(12)15-13/h2-9,13-14H,1H2. The van der Waals surface area contributed by atoms with Crippen molar-refractivity contribution in [3.63, 3.8) is 0 Å². The third-order valence-electron chi connectivity index (χ3n) is 2.82. The summed E-state index contributed by atoms with van der Waals surface area (Å²) in [7, 11) is 0. The van der Waals surface area contributed by atoms with E-state index in [1.54, 1.807) is 0 Å². The zero-order valence-corrected chi connectivity index (χ0v) is 10.4. The quantitative estimate of drug-likeness (QED) is 0.722. The van der Waals surface area contributed by atoms with Crippen molar-refractivity contribution in [3.8, 4) is 0 Å². The predicted molar refractivity (Wildman–Crippen MR) is 73.2 cm³/mol. The summed E-state index contributed by atoms with van der Waals surface area (Å²) in [6, 6.07) is 8.65. The molecule has 0 nitrogen and oxygen atoms in total. The highest BCUT2D eigenvalue weighted by atomic mass is 32.2. The van der Waals surface area contributed by atoms with Gasteiger partial charge in [0, 0.05) is 15.0 Å². The zero-order valence-electron chi connectivity index (χ0n) is 8.80. The minimum Gasteiger partial charge on any atom is -0.116 e. The Morgan fingerprint density at radius 1 is 1.12 bits per heavy atom. The summed E-state index contributed by atoms with van der Waals surface area (Å²) >= 11 is 3.93. The van der Waals surface area contributed by atoms with Crippen molar-refractivity contribution >= 4 is 23.5 Å². The van der Waals surface area contributed by atoms with E-state index in [2.05, 4.69) is 49.1 Å². The zero-order chi connectivity index (χ0) is 11.0. The molecule has 1 aromatic rings. The molecule has 0 spiro atoms. The first-order valence-electron chi connectivity index (χ1n) is 5.31. The van der Waals surface area contributed by atoms with Crippen LogP contribution in [0.2, 0.25) is 0 Å². The molecule has 2 heteroatoms. The molecule has 2 unspecified atom stereocenters. The molecule has 80 valence electrons. The van der Waals surface area contributed by atoms with Crippen LogP contribution in [0.1, 0.15) is 0 Å². The van der Waals surface area contributed by atoms with E-state index in [-0.39, 0.29) is 0 Å². The summed E-state index contributed by atoms with van der Waals surface area (Å²) in [5.74, 6) is 0. The molecule has 0 N–H and O–H groups in total. The molecule has 0 fully saturated rings. The molecular formula is C14H12S2. The molecule has 0 saturated carbocycles. The largest absolute Gasteiger partial charge is 0.116 e. The Kier molecular flexibility index (Phi) is 2.70. The lowest BCUT2D eigenvalue weighted by atomic mass is 10.0. The molecule has 1 aliphatic heterocycles. The monoisotopic (exact) mass is 244 g/mol. The van der Waals surface area contributed by atoms with E-state index < -0.39 is 0 Å². The first-order chi connectivity index (χ1) is 7.88. The van der Waals surface area contributed by atoms with E-state index >= 15 is 0 Å². The van der Waals surface area contributed by atoms with E-state index in [0.29, 0.717) is 10.5 Å². The van der Waals surface area contributed by atoms with Gasteiger partial charge in [0.15, 0.2) is 0 Å². The Hall–Kier alpha value is -0.860. The van der Waals surface area contributed by atoms with Crippen LogP contribution in [0, 0.1) is 0 Å². The Balaban J connectivity index is 2.00. The van der Waals surface area contributed by atoms with Crippen molar-refractivity contribution in [1.82, 2.24) is 0 Å². The highest BCUT2D eigenvalue weighted by Gasteiger charge is 2.30. The fraction of sp³-hybridized carbons (Fsp3) is 0.143. The van der Waals surface area contributed by atoms with Crippen LogP contribution in [0.25, 0.3) is 0 Å². The molecule has 0 radical (unpaired) electrons. The number of thioether (sulfide) groups is 2. The Morgan fingerprint density at radius 2 is 1.88 bits per heavy atom. The Bertz CT molecular complexity index is 485. The van der Waals surface area contributed by atoms with Crippen molar-refractivity contribution in [2.75, 3.05) is 0 Å². The van der Waals surface area contributed by atoms with E-state index in [1.165, 1.54) is 15.4 Å². The molecule has 0 amide bonds. The van der Waals surface area contributed by atoms with Crippen molar-refractivity contribution < 1.29 is 0 Å². The first-order valence-corrected chi connectivity index (χ1v) is 7.07. The predicted octanol–water partition coefficient (Wildman–Crippen LogP) is 4.30. The van der Waals surface area contributed by atoms with E-state index in [1.807, 2.05) is 29.6 Å². The molecule has 2 aliphatic rings. The summed E-state index contributed by atoms with van der Waals surface area (Å²) in [5.41, 5.74) is 1.35. The lowest BCUT2D eigenvalue weighted by molar-refractivity contribution is 1.00. The second kappa shape index (κ2) is 4.19. The lowest BCUT2D eigenvalue weighted by Crippen LogP contribution is -2.24. The number of benzene rings is 1. The maximum Gasteiger partial charge on any atom is 0.0502 e. The van der Waals surface area contributed by atoms with E-state index in [4.69, 9.17) is 0 Å². The second-order valence-corrected chi connectivity index (χ2v) is 6.23. The van der Waals surface area contributed by atoms with Gasteiger partial charge in [-0.25, -0.2) is 0 Å². The van der Waals surface area contributed by atoms with Crippen molar-refractivity contribution in [3.05, 3.63) is 60.7 Å². The average molecular weight is 244 g/mol. The molecular weight excluding hydrogens is 232 g/mol. The van der Waals surface area contributed by atoms with Gasteiger partial charge in [-0.1, -0.05) is 43.0 Å². The van der Waals surface area contributed by atoms with Gasteiger partial charge in [-0.05, 0) is 17.7 Å². The number of hydrogen-bond donors (Lipinski definition) is 0.